The first-order chi connectivity index (χ1) is 14.0. The zero-order valence-corrected chi connectivity index (χ0v) is 17.6. The highest BCUT2D eigenvalue weighted by Gasteiger charge is 2.36. The molecule has 0 spiro atoms. The lowest BCUT2D eigenvalue weighted by molar-refractivity contribution is -0.141. The van der Waals surface area contributed by atoms with Crippen molar-refractivity contribution in [3.8, 4) is 0 Å². The van der Waals surface area contributed by atoms with Gasteiger partial charge in [0.05, 0.1) is 18.8 Å². The number of carbonyl (C=O) groups excluding carboxylic acids is 1. The van der Waals surface area contributed by atoms with Crippen molar-refractivity contribution in [3.63, 3.8) is 0 Å². The first kappa shape index (κ1) is 20.8. The predicted octanol–water partition coefficient (Wildman–Crippen LogP) is 5.06. The van der Waals surface area contributed by atoms with Crippen LogP contribution in [0.2, 0.25) is 0 Å². The fourth-order valence-corrected chi connectivity index (χ4v) is 4.47. The number of nitrogens with one attached hydrogen (secondary N) is 1. The Balaban J connectivity index is 1.49. The summed E-state index contributed by atoms with van der Waals surface area (Å²) < 4.78 is 40.3. The largest absolute Gasteiger partial charge is 0.435 e. The summed E-state index contributed by atoms with van der Waals surface area (Å²) in [5.41, 5.74) is 3.50. The van der Waals surface area contributed by atoms with Gasteiger partial charge in [0, 0.05) is 24.3 Å². The molecular formula is C22H27F3N4O. The minimum Gasteiger partial charge on any atom is -0.364 e. The smallest absolute Gasteiger partial charge is 0.364 e. The number of aromatic nitrogens is 2. The topological polar surface area (TPSA) is 50.2 Å². The van der Waals surface area contributed by atoms with E-state index in [9.17, 15) is 18.0 Å². The van der Waals surface area contributed by atoms with Crippen molar-refractivity contribution in [1.82, 2.24) is 9.78 Å². The molecule has 1 aromatic carbocycles. The number of hydrogen-bond acceptors (Lipinski definition) is 3. The molecule has 1 N–H and O–H groups in total. The van der Waals surface area contributed by atoms with Crippen molar-refractivity contribution in [2.24, 2.45) is 5.41 Å². The zero-order valence-electron chi connectivity index (χ0n) is 17.6. The molecule has 0 bridgehead atoms. The summed E-state index contributed by atoms with van der Waals surface area (Å²) in [6, 6.07) is 5.11. The summed E-state index contributed by atoms with van der Waals surface area (Å²) in [5.74, 6) is 0.0395. The van der Waals surface area contributed by atoms with E-state index in [-0.39, 0.29) is 11.3 Å². The number of amides is 1. The molecule has 2 heterocycles. The molecule has 5 nitrogen and oxygen atoms in total. The molecule has 1 aromatic heterocycles. The van der Waals surface area contributed by atoms with Gasteiger partial charge in [0.2, 0.25) is 5.91 Å². The van der Waals surface area contributed by atoms with Crippen LogP contribution < -0.4 is 10.2 Å². The number of hydrogen-bond donors (Lipinski definition) is 1. The summed E-state index contributed by atoms with van der Waals surface area (Å²) >= 11 is 0. The number of halogens is 3. The van der Waals surface area contributed by atoms with E-state index in [1.165, 1.54) is 11.1 Å². The quantitative estimate of drug-likeness (QED) is 0.752. The maximum Gasteiger partial charge on any atom is 0.435 e. The summed E-state index contributed by atoms with van der Waals surface area (Å²) in [7, 11) is 0. The Morgan fingerprint density at radius 1 is 1.17 bits per heavy atom. The van der Waals surface area contributed by atoms with Crippen LogP contribution in [0.3, 0.4) is 0 Å². The Hall–Kier alpha value is -2.51. The lowest BCUT2D eigenvalue weighted by atomic mass is 9.68. The Labute approximate surface area is 174 Å². The minimum absolute atomic E-state index is 0.0395. The third-order valence-electron chi connectivity index (χ3n) is 6.38. The molecule has 8 heteroatoms. The Morgan fingerprint density at radius 2 is 1.83 bits per heavy atom. The number of rotatable bonds is 4. The second-order valence-corrected chi connectivity index (χ2v) is 9.01. The van der Waals surface area contributed by atoms with E-state index >= 15 is 0 Å². The van der Waals surface area contributed by atoms with Crippen molar-refractivity contribution >= 4 is 17.3 Å². The molecule has 0 atom stereocenters. The third-order valence-corrected chi connectivity index (χ3v) is 6.38. The number of benzene rings is 1. The average molecular weight is 420 g/mol. The maximum atomic E-state index is 13.0. The predicted molar refractivity (Wildman–Crippen MR) is 109 cm³/mol. The van der Waals surface area contributed by atoms with Crippen molar-refractivity contribution in [2.45, 2.75) is 65.7 Å². The fourth-order valence-electron chi connectivity index (χ4n) is 4.47. The van der Waals surface area contributed by atoms with Crippen LogP contribution >= 0.6 is 0 Å². The molecule has 30 heavy (non-hydrogen) atoms. The summed E-state index contributed by atoms with van der Waals surface area (Å²) in [6.45, 7) is 7.41. The Bertz CT molecular complexity index is 952. The first-order valence-corrected chi connectivity index (χ1v) is 10.3. The highest BCUT2D eigenvalue weighted by Crippen LogP contribution is 2.43. The SMILES string of the molecule is Cc1cc(N2CCn3nc(C(F)(F)F)cc3C2)cc(C)c1NC(=O)CC1(C)CCC1. The number of alkyl halides is 3. The van der Waals surface area contributed by atoms with Crippen LogP contribution in [-0.4, -0.2) is 22.2 Å². The van der Waals surface area contributed by atoms with Gasteiger partial charge in [-0.1, -0.05) is 13.3 Å². The van der Waals surface area contributed by atoms with Crippen LogP contribution in [0.4, 0.5) is 24.5 Å². The maximum absolute atomic E-state index is 13.0. The standard InChI is InChI=1S/C22H27F3N4O/c1-14-9-16(10-15(2)20(14)26-19(30)12-21(3)5-4-6-21)28-7-8-29-17(13-28)11-18(27-29)22(23,24)25/h9-11H,4-8,12-13H2,1-3H3,(H,26,30). The van der Waals surface area contributed by atoms with E-state index in [2.05, 4.69) is 22.2 Å². The molecule has 0 radical (unpaired) electrons. The number of carbonyl (C=O) groups is 1. The second-order valence-electron chi connectivity index (χ2n) is 9.01. The van der Waals surface area contributed by atoms with E-state index in [0.29, 0.717) is 31.7 Å². The molecule has 2 aromatic rings. The number of nitrogens with zero attached hydrogens (tertiary/aromatic N) is 3. The molecule has 1 fully saturated rings. The van der Waals surface area contributed by atoms with E-state index < -0.39 is 11.9 Å². The van der Waals surface area contributed by atoms with Gasteiger partial charge >= 0.3 is 6.18 Å². The molecular weight excluding hydrogens is 393 g/mol. The molecule has 1 saturated carbocycles. The van der Waals surface area contributed by atoms with Crippen molar-refractivity contribution in [1.29, 1.82) is 0 Å². The second kappa shape index (κ2) is 7.32. The van der Waals surface area contributed by atoms with Crippen LogP contribution in [0.25, 0.3) is 0 Å². The molecule has 1 aliphatic heterocycles. The summed E-state index contributed by atoms with van der Waals surface area (Å²) in [4.78, 5) is 14.6. The van der Waals surface area contributed by atoms with E-state index in [4.69, 9.17) is 0 Å². The Morgan fingerprint density at radius 3 is 2.40 bits per heavy atom. The van der Waals surface area contributed by atoms with Crippen LogP contribution in [0.5, 0.6) is 0 Å². The van der Waals surface area contributed by atoms with Crippen molar-refractivity contribution in [2.75, 3.05) is 16.8 Å². The number of fused-ring (bicyclic) bond motifs is 1. The zero-order chi connectivity index (χ0) is 21.7. The van der Waals surface area contributed by atoms with Gasteiger partial charge in [-0.25, -0.2) is 0 Å². The van der Waals surface area contributed by atoms with Gasteiger partial charge < -0.3 is 10.2 Å². The van der Waals surface area contributed by atoms with Crippen LogP contribution in [-0.2, 0) is 24.1 Å². The normalized spacial score (nSPS) is 18.0. The van der Waals surface area contributed by atoms with E-state index in [1.54, 1.807) is 0 Å². The van der Waals surface area contributed by atoms with E-state index in [1.807, 2.05) is 26.0 Å². The molecule has 4 rings (SSSR count). The van der Waals surface area contributed by atoms with Gasteiger partial charge in [-0.3, -0.25) is 9.48 Å². The van der Waals surface area contributed by atoms with Crippen molar-refractivity contribution in [3.05, 3.63) is 40.7 Å². The lowest BCUT2D eigenvalue weighted by Gasteiger charge is -2.37. The fraction of sp³-hybridized carbons (Fsp3) is 0.545. The lowest BCUT2D eigenvalue weighted by Crippen LogP contribution is -2.34. The van der Waals surface area contributed by atoms with Gasteiger partial charge in [-0.15, -0.1) is 0 Å². The van der Waals surface area contributed by atoms with E-state index in [0.717, 1.165) is 41.4 Å². The molecule has 162 valence electrons. The Kier molecular flexibility index (Phi) is 5.06. The van der Waals surface area contributed by atoms with Gasteiger partial charge in [0.25, 0.3) is 0 Å². The van der Waals surface area contributed by atoms with Crippen LogP contribution in [0, 0.1) is 19.3 Å². The summed E-state index contributed by atoms with van der Waals surface area (Å²) in [6.07, 6.45) is -0.516. The van der Waals surface area contributed by atoms with Crippen LogP contribution in [0.1, 0.15) is 55.1 Å². The van der Waals surface area contributed by atoms with Crippen LogP contribution in [0.15, 0.2) is 18.2 Å². The van der Waals surface area contributed by atoms with Gasteiger partial charge in [0.1, 0.15) is 0 Å². The van der Waals surface area contributed by atoms with Gasteiger partial charge in [0.15, 0.2) is 5.69 Å². The van der Waals surface area contributed by atoms with Gasteiger partial charge in [-0.05, 0) is 61.4 Å². The minimum atomic E-state index is -4.43. The molecule has 0 unspecified atom stereocenters. The monoisotopic (exact) mass is 420 g/mol. The molecule has 1 amide bonds. The van der Waals surface area contributed by atoms with Gasteiger partial charge in [-0.2, -0.15) is 18.3 Å². The molecule has 1 aliphatic carbocycles. The highest BCUT2D eigenvalue weighted by atomic mass is 19.4. The summed E-state index contributed by atoms with van der Waals surface area (Å²) in [5, 5.41) is 6.76. The average Bonchev–Trinajstić information content (AvgIpc) is 3.07. The number of aryl methyl sites for hydroxylation is 2. The molecule has 2 aliphatic rings. The van der Waals surface area contributed by atoms with Crippen molar-refractivity contribution < 1.29 is 18.0 Å². The highest BCUT2D eigenvalue weighted by molar-refractivity contribution is 5.93. The first-order valence-electron chi connectivity index (χ1n) is 10.3. The molecule has 0 saturated heterocycles. The third kappa shape index (κ3) is 4.04. The number of anilines is 2.